The first-order valence-corrected chi connectivity index (χ1v) is 19.4. The summed E-state index contributed by atoms with van der Waals surface area (Å²) in [6, 6.07) is 4.01. The van der Waals surface area contributed by atoms with Crippen LogP contribution in [-0.4, -0.2) is 160 Å². The molecule has 0 aliphatic rings. The highest BCUT2D eigenvalue weighted by Gasteiger charge is 2.28. The number of ether oxygens (including phenoxy) is 8. The Labute approximate surface area is 340 Å². The molecule has 0 bridgehead atoms. The van der Waals surface area contributed by atoms with E-state index in [-0.39, 0.29) is 51.0 Å². The Morgan fingerprint density at radius 1 is 0.707 bits per heavy atom. The minimum Gasteiger partial charge on any atom is -0.392 e. The van der Waals surface area contributed by atoms with E-state index >= 15 is 0 Å². The molecule has 0 fully saturated rings. The summed E-state index contributed by atoms with van der Waals surface area (Å²) in [5.74, 6) is -1.69. The van der Waals surface area contributed by atoms with E-state index in [0.717, 1.165) is 0 Å². The van der Waals surface area contributed by atoms with Crippen molar-refractivity contribution in [2.75, 3.05) is 124 Å². The molecule has 58 heavy (non-hydrogen) atoms. The molecule has 0 saturated heterocycles. The number of anilines is 1. The van der Waals surface area contributed by atoms with Gasteiger partial charge in [-0.3, -0.25) is 14.4 Å². The van der Waals surface area contributed by atoms with Crippen LogP contribution in [0.4, 0.5) is 10.5 Å². The van der Waals surface area contributed by atoms with E-state index in [0.29, 0.717) is 117 Å². The second kappa shape index (κ2) is 36.0. The van der Waals surface area contributed by atoms with Crippen molar-refractivity contribution in [2.24, 2.45) is 16.8 Å². The number of carbonyl (C=O) groups is 4. The predicted molar refractivity (Wildman–Crippen MR) is 212 cm³/mol. The lowest BCUT2D eigenvalue weighted by Gasteiger charge is -2.25. The van der Waals surface area contributed by atoms with Gasteiger partial charge < -0.3 is 70.0 Å². The van der Waals surface area contributed by atoms with Crippen molar-refractivity contribution in [1.82, 2.24) is 16.0 Å². The van der Waals surface area contributed by atoms with Gasteiger partial charge in [-0.15, -0.1) is 0 Å². The third-order valence-electron chi connectivity index (χ3n) is 7.75. The van der Waals surface area contributed by atoms with Gasteiger partial charge in [-0.2, -0.15) is 0 Å². The van der Waals surface area contributed by atoms with E-state index in [2.05, 4.69) is 31.3 Å². The quantitative estimate of drug-likeness (QED) is 0.0235. The van der Waals surface area contributed by atoms with Gasteiger partial charge in [-0.1, -0.05) is 31.1 Å². The number of nitrogens with zero attached hydrogens (tertiary/aromatic N) is 3. The molecule has 0 unspecified atom stereocenters. The number of hydrogen-bond acceptors (Lipinski definition) is 14. The Bertz CT molecular complexity index is 1290. The van der Waals surface area contributed by atoms with Crippen LogP contribution in [0.5, 0.6) is 0 Å². The molecule has 0 aliphatic carbocycles. The second-order valence-corrected chi connectivity index (χ2v) is 12.7. The smallest absolute Gasteiger partial charge is 0.312 e. The topological polar surface area (TPSA) is 285 Å². The molecule has 1 aromatic carbocycles. The van der Waals surface area contributed by atoms with Crippen molar-refractivity contribution in [3.63, 3.8) is 0 Å². The highest BCUT2D eigenvalue weighted by atomic mass is 16.6. The van der Waals surface area contributed by atoms with Crippen molar-refractivity contribution in [3.05, 3.63) is 40.3 Å². The summed E-state index contributed by atoms with van der Waals surface area (Å²) in [5, 5.41) is 23.3. The Kier molecular flexibility index (Phi) is 32.2. The van der Waals surface area contributed by atoms with Gasteiger partial charge in [0.2, 0.25) is 17.7 Å². The van der Waals surface area contributed by atoms with E-state index in [4.69, 9.17) is 49.2 Å². The summed E-state index contributed by atoms with van der Waals surface area (Å²) < 4.78 is 43.4. The molecule has 1 rings (SSSR count). The maximum absolute atomic E-state index is 13.3. The standard InChI is InChI=1S/C37H64N8O13/c1-29(2)34(36(49)43-32(4-3-10-40-37(38)50)35(48)42-31-7-5-30(28-46)6-8-31)44-33(47)9-12-51-14-16-53-18-20-55-22-24-57-26-27-58-25-23-56-21-19-54-17-15-52-13-11-41-45-39/h5-8,29,32,34,46H,3-4,9-28H2,1-2H3,(H,42,48)(H,43,49)(H,44,47)(H3,38,40,50)/t32-,34-/m0/s1. The number of aliphatic hydroxyl groups excluding tert-OH is 1. The predicted octanol–water partition coefficient (Wildman–Crippen LogP) is 1.02. The molecule has 330 valence electrons. The summed E-state index contributed by atoms with van der Waals surface area (Å²) in [5.41, 5.74) is 14.4. The van der Waals surface area contributed by atoms with Crippen molar-refractivity contribution < 1.29 is 62.2 Å². The summed E-state index contributed by atoms with van der Waals surface area (Å²) in [6.45, 7) is 10.1. The highest BCUT2D eigenvalue weighted by molar-refractivity contribution is 5.98. The molecule has 21 nitrogen and oxygen atoms in total. The number of hydrogen-bond donors (Lipinski definition) is 6. The first-order chi connectivity index (χ1) is 28.2. The lowest BCUT2D eigenvalue weighted by molar-refractivity contribution is -0.132. The van der Waals surface area contributed by atoms with Gasteiger partial charge in [0, 0.05) is 30.1 Å². The first kappa shape index (κ1) is 51.9. The van der Waals surface area contributed by atoms with Gasteiger partial charge in [0.05, 0.1) is 112 Å². The maximum Gasteiger partial charge on any atom is 0.312 e. The van der Waals surface area contributed by atoms with Crippen LogP contribution in [0.3, 0.4) is 0 Å². The minimum absolute atomic E-state index is 0.0154. The van der Waals surface area contributed by atoms with Crippen LogP contribution in [0.1, 0.15) is 38.7 Å². The monoisotopic (exact) mass is 828 g/mol. The van der Waals surface area contributed by atoms with Gasteiger partial charge in [-0.05, 0) is 42.0 Å². The third kappa shape index (κ3) is 29.1. The number of primary amides is 1. The molecule has 21 heteroatoms. The number of azide groups is 1. The van der Waals surface area contributed by atoms with Gasteiger partial charge >= 0.3 is 6.03 Å². The third-order valence-corrected chi connectivity index (χ3v) is 7.75. The SMILES string of the molecule is CC(C)[C@H](NC(=O)CCOCCOCCOCCOCCOCCOCCOCCOCCN=[N+]=[N-])C(=O)N[C@@H](CCCNC(N)=O)C(=O)Nc1ccc(CO)cc1. The Hall–Kier alpha value is -4.15. The highest BCUT2D eigenvalue weighted by Crippen LogP contribution is 2.12. The summed E-state index contributed by atoms with van der Waals surface area (Å²) in [7, 11) is 0. The maximum atomic E-state index is 13.3. The van der Waals surface area contributed by atoms with Crippen molar-refractivity contribution in [2.45, 2.75) is 51.8 Å². The number of amides is 5. The molecule has 0 radical (unpaired) electrons. The van der Waals surface area contributed by atoms with E-state index in [1.54, 1.807) is 38.1 Å². The molecule has 1 aromatic rings. The number of carbonyl (C=O) groups excluding carboxylic acids is 4. The average Bonchev–Trinajstić information content (AvgIpc) is 3.20. The van der Waals surface area contributed by atoms with Crippen molar-refractivity contribution in [1.29, 1.82) is 0 Å². The number of urea groups is 1. The zero-order chi connectivity index (χ0) is 42.5. The van der Waals surface area contributed by atoms with Crippen LogP contribution in [0, 0.1) is 5.92 Å². The second-order valence-electron chi connectivity index (χ2n) is 12.7. The number of nitrogens with two attached hydrogens (primary N) is 1. The van der Waals surface area contributed by atoms with Crippen LogP contribution in [-0.2, 0) is 58.9 Å². The zero-order valence-corrected chi connectivity index (χ0v) is 33.9. The number of aliphatic hydroxyl groups is 1. The molecule has 7 N–H and O–H groups in total. The Morgan fingerprint density at radius 3 is 1.60 bits per heavy atom. The van der Waals surface area contributed by atoms with Gasteiger partial charge in [0.15, 0.2) is 0 Å². The first-order valence-electron chi connectivity index (χ1n) is 19.4. The van der Waals surface area contributed by atoms with Crippen LogP contribution >= 0.6 is 0 Å². The van der Waals surface area contributed by atoms with E-state index in [1.165, 1.54) is 0 Å². The Balaban J connectivity index is 2.12. The van der Waals surface area contributed by atoms with Crippen LogP contribution < -0.4 is 27.0 Å². The summed E-state index contributed by atoms with van der Waals surface area (Å²) in [6.07, 6.45) is 0.558. The van der Waals surface area contributed by atoms with Crippen LogP contribution in [0.2, 0.25) is 0 Å². The zero-order valence-electron chi connectivity index (χ0n) is 33.9. The lowest BCUT2D eigenvalue weighted by Crippen LogP contribution is -2.54. The van der Waals surface area contributed by atoms with E-state index in [9.17, 15) is 24.3 Å². The van der Waals surface area contributed by atoms with E-state index in [1.807, 2.05) is 0 Å². The van der Waals surface area contributed by atoms with Crippen LogP contribution in [0.15, 0.2) is 29.4 Å². The fourth-order valence-electron chi connectivity index (χ4n) is 4.71. The number of rotatable bonds is 38. The fraction of sp³-hybridized carbons (Fsp3) is 0.730. The lowest BCUT2D eigenvalue weighted by atomic mass is 10.0. The minimum atomic E-state index is -0.969. The molecular weight excluding hydrogens is 764 g/mol. The normalized spacial score (nSPS) is 12.1. The van der Waals surface area contributed by atoms with Crippen molar-refractivity contribution >= 4 is 29.4 Å². The van der Waals surface area contributed by atoms with Crippen molar-refractivity contribution in [3.8, 4) is 0 Å². The molecule has 0 heterocycles. The molecule has 0 spiro atoms. The Morgan fingerprint density at radius 2 is 1.17 bits per heavy atom. The average molecular weight is 829 g/mol. The van der Waals surface area contributed by atoms with E-state index < -0.39 is 29.9 Å². The largest absolute Gasteiger partial charge is 0.392 e. The molecule has 0 aliphatic heterocycles. The molecule has 5 amide bonds. The van der Waals surface area contributed by atoms with Crippen LogP contribution in [0.25, 0.3) is 10.4 Å². The number of benzene rings is 1. The van der Waals surface area contributed by atoms with Gasteiger partial charge in [-0.25, -0.2) is 4.79 Å². The summed E-state index contributed by atoms with van der Waals surface area (Å²) >= 11 is 0. The molecule has 0 aromatic heterocycles. The molecule has 0 saturated carbocycles. The molecular formula is C37H64N8O13. The molecule has 2 atom stereocenters. The summed E-state index contributed by atoms with van der Waals surface area (Å²) in [4.78, 5) is 52.8. The van der Waals surface area contributed by atoms with Gasteiger partial charge in [0.25, 0.3) is 0 Å². The number of nitrogens with one attached hydrogen (secondary N) is 4. The fourth-order valence-corrected chi connectivity index (χ4v) is 4.71. The van der Waals surface area contributed by atoms with Gasteiger partial charge in [0.1, 0.15) is 12.1 Å².